The molecule has 5 rings (SSSR count). The molecule has 0 aliphatic rings. The third-order valence-electron chi connectivity index (χ3n) is 9.79. The molecule has 0 radical (unpaired) electrons. The fourth-order valence-electron chi connectivity index (χ4n) is 6.19. The van der Waals surface area contributed by atoms with E-state index in [4.69, 9.17) is 34.8 Å². The number of terminal acetylenes is 1. The molecule has 67 heavy (non-hydrogen) atoms. The lowest BCUT2D eigenvalue weighted by molar-refractivity contribution is -0.138. The number of hydrogen-bond acceptors (Lipinski definition) is 11. The number of rotatable bonds is 24. The van der Waals surface area contributed by atoms with Gasteiger partial charge in [0.05, 0.1) is 43.1 Å². The van der Waals surface area contributed by atoms with Gasteiger partial charge in [-0.05, 0) is 154 Å². The summed E-state index contributed by atoms with van der Waals surface area (Å²) in [6.45, 7) is 8.38. The quantitative estimate of drug-likeness (QED) is 0.0207. The van der Waals surface area contributed by atoms with E-state index in [-0.39, 0.29) is 28.2 Å². The van der Waals surface area contributed by atoms with Crippen molar-refractivity contribution in [2.45, 2.75) is 51.4 Å². The number of esters is 4. The van der Waals surface area contributed by atoms with Crippen LogP contribution in [0, 0.1) is 24.2 Å². The second-order valence-corrected chi connectivity index (χ2v) is 14.7. The molecule has 0 bridgehead atoms. The van der Waals surface area contributed by atoms with Crippen LogP contribution in [-0.4, -0.2) is 56.2 Å². The number of ether oxygens (including phenoxy) is 6. The minimum atomic E-state index is -0.731. The number of amides is 1. The molecule has 0 aliphatic carbocycles. The molecule has 0 spiro atoms. The Labute approximate surface area is 390 Å². The molecule has 0 aliphatic heterocycles. The molecule has 342 valence electrons. The van der Waals surface area contributed by atoms with Crippen molar-refractivity contribution in [2.24, 2.45) is 0 Å². The van der Waals surface area contributed by atoms with Crippen LogP contribution in [0.25, 0.3) is 0 Å². The minimum Gasteiger partial charge on any atom is -0.494 e. The Bertz CT molecular complexity index is 2600. The second kappa shape index (κ2) is 27.1. The smallest absolute Gasteiger partial charge is 0.343 e. The van der Waals surface area contributed by atoms with Crippen molar-refractivity contribution < 1.29 is 52.4 Å². The van der Waals surface area contributed by atoms with E-state index in [0.29, 0.717) is 60.3 Å². The monoisotopic (exact) mass is 901 g/mol. The zero-order valence-corrected chi connectivity index (χ0v) is 37.1. The van der Waals surface area contributed by atoms with Gasteiger partial charge in [-0.3, -0.25) is 4.79 Å². The Balaban J connectivity index is 1.21. The first-order valence-corrected chi connectivity index (χ1v) is 21.8. The normalized spacial score (nSPS) is 10.2. The van der Waals surface area contributed by atoms with Gasteiger partial charge in [-0.1, -0.05) is 43.1 Å². The van der Waals surface area contributed by atoms with E-state index < -0.39 is 29.8 Å². The maximum Gasteiger partial charge on any atom is 0.343 e. The topological polar surface area (TPSA) is 153 Å². The Hall–Kier alpha value is -8.35. The zero-order valence-electron chi connectivity index (χ0n) is 37.1. The Morgan fingerprint density at radius 3 is 1.55 bits per heavy atom. The third-order valence-corrected chi connectivity index (χ3v) is 9.79. The van der Waals surface area contributed by atoms with Crippen LogP contribution < -0.4 is 24.3 Å². The fraction of sp³-hybridized carbons (Fsp3) is 0.218. The minimum absolute atomic E-state index is 0.0324. The van der Waals surface area contributed by atoms with E-state index in [9.17, 15) is 24.0 Å². The van der Waals surface area contributed by atoms with E-state index in [1.807, 2.05) is 24.3 Å². The molecule has 0 unspecified atom stereocenters. The van der Waals surface area contributed by atoms with Gasteiger partial charge in [0.25, 0.3) is 5.91 Å². The summed E-state index contributed by atoms with van der Waals surface area (Å²) < 4.78 is 33.0. The molecular weight excluding hydrogens is 851 g/mol. The lowest BCUT2D eigenvalue weighted by Gasteiger charge is -2.13. The Morgan fingerprint density at radius 2 is 1.03 bits per heavy atom. The second-order valence-electron chi connectivity index (χ2n) is 14.7. The molecule has 12 nitrogen and oxygen atoms in total. The van der Waals surface area contributed by atoms with Gasteiger partial charge in [0.1, 0.15) is 23.0 Å². The summed E-state index contributed by atoms with van der Waals surface area (Å²) in [4.78, 5) is 62.9. The van der Waals surface area contributed by atoms with Gasteiger partial charge in [-0.15, -0.1) is 6.42 Å². The molecule has 0 saturated carbocycles. The van der Waals surface area contributed by atoms with Gasteiger partial charge in [0.15, 0.2) is 0 Å². The maximum absolute atomic E-state index is 13.9. The van der Waals surface area contributed by atoms with Crippen molar-refractivity contribution in [3.63, 3.8) is 0 Å². The van der Waals surface area contributed by atoms with Gasteiger partial charge in [0.2, 0.25) is 0 Å². The third kappa shape index (κ3) is 16.9. The summed E-state index contributed by atoms with van der Waals surface area (Å²) in [7, 11) is 0. The molecule has 0 fully saturated rings. The van der Waals surface area contributed by atoms with Crippen molar-refractivity contribution in [2.75, 3.05) is 31.7 Å². The number of carbonyl (C=O) groups excluding carboxylic acids is 5. The number of unbranched alkanes of at least 4 members (excludes halogenated alkanes) is 6. The first-order valence-electron chi connectivity index (χ1n) is 21.8. The first-order chi connectivity index (χ1) is 32.6. The van der Waals surface area contributed by atoms with Crippen molar-refractivity contribution >= 4 is 35.5 Å². The van der Waals surface area contributed by atoms with Crippen LogP contribution in [0.2, 0.25) is 0 Å². The Kier molecular flexibility index (Phi) is 20.1. The molecule has 0 saturated heterocycles. The Morgan fingerprint density at radius 1 is 0.537 bits per heavy atom. The fourth-order valence-corrected chi connectivity index (χ4v) is 6.19. The molecule has 12 heteroatoms. The van der Waals surface area contributed by atoms with Crippen LogP contribution >= 0.6 is 0 Å². The molecular formula is C55H51NO11. The number of benzene rings is 5. The number of carbonyl (C=O) groups is 5. The van der Waals surface area contributed by atoms with Crippen LogP contribution in [0.3, 0.4) is 0 Å². The van der Waals surface area contributed by atoms with Crippen molar-refractivity contribution in [3.8, 4) is 47.2 Å². The van der Waals surface area contributed by atoms with Gasteiger partial charge >= 0.3 is 23.9 Å². The summed E-state index contributed by atoms with van der Waals surface area (Å²) >= 11 is 0. The van der Waals surface area contributed by atoms with Crippen LogP contribution in [-0.2, 0) is 19.1 Å². The van der Waals surface area contributed by atoms with Gasteiger partial charge in [-0.2, -0.15) is 0 Å². The van der Waals surface area contributed by atoms with E-state index in [1.54, 1.807) is 72.8 Å². The van der Waals surface area contributed by atoms with Crippen molar-refractivity contribution in [3.05, 3.63) is 174 Å². The van der Waals surface area contributed by atoms with Crippen LogP contribution in [0.15, 0.2) is 141 Å². The molecule has 0 atom stereocenters. The van der Waals surface area contributed by atoms with Crippen molar-refractivity contribution in [1.82, 2.24) is 0 Å². The highest BCUT2D eigenvalue weighted by atomic mass is 16.5. The molecule has 0 heterocycles. The maximum atomic E-state index is 13.9. The number of anilines is 1. The predicted molar refractivity (Wildman–Crippen MR) is 254 cm³/mol. The molecule has 5 aromatic carbocycles. The zero-order chi connectivity index (χ0) is 47.6. The summed E-state index contributed by atoms with van der Waals surface area (Å²) in [5.41, 5.74) is 2.88. The molecule has 1 N–H and O–H groups in total. The molecule has 0 aromatic heterocycles. The highest BCUT2D eigenvalue weighted by molar-refractivity contribution is 6.07. The van der Waals surface area contributed by atoms with E-state index in [2.05, 4.69) is 36.2 Å². The highest BCUT2D eigenvalue weighted by Crippen LogP contribution is 2.28. The summed E-state index contributed by atoms with van der Waals surface area (Å²) in [6.07, 6.45) is 14.5. The number of nitrogens with one attached hydrogen (secondary N) is 1. The van der Waals surface area contributed by atoms with Gasteiger partial charge < -0.3 is 33.7 Å². The lowest BCUT2D eigenvalue weighted by Crippen LogP contribution is -2.17. The summed E-state index contributed by atoms with van der Waals surface area (Å²) in [6, 6.07) is 31.2. The van der Waals surface area contributed by atoms with Gasteiger partial charge in [-0.25, -0.2) is 19.2 Å². The van der Waals surface area contributed by atoms with E-state index >= 15 is 0 Å². The molecule has 5 aromatic rings. The van der Waals surface area contributed by atoms with Crippen LogP contribution in [0.1, 0.15) is 99.1 Å². The van der Waals surface area contributed by atoms with E-state index in [0.717, 1.165) is 63.5 Å². The SMILES string of the molecule is C#Cc1ccccc1C#Cc1ccc(NC(=O)c2cc(OC(=O)c3ccc(OCCCCCCOC(=O)C=C)cc3)ccc2OC(=O)c2ccc(OCCCCCCOC(=O)C=C)cc2)cc1. The predicted octanol–water partition coefficient (Wildman–Crippen LogP) is 10.1. The standard InChI is InChI=1S/C55H51NO11/c1-4-41-17-11-12-18-42(41)22-19-40-20-27-45(28-21-40)56-53(59)49-39-48(66-54(60)43-23-29-46(30-24-43)62-35-13-7-9-15-37-64-51(57)5-2)33-34-50(49)67-55(61)44-25-31-47(32-26-44)63-36-14-8-10-16-38-65-52(58)6-3/h1,5-6,11-12,17-18,20-21,23-34,39H,2-3,7-10,13-16,35-38H2,(H,56,59). The van der Waals surface area contributed by atoms with Crippen molar-refractivity contribution in [1.29, 1.82) is 0 Å². The lowest BCUT2D eigenvalue weighted by atomic mass is 10.1. The molecule has 1 amide bonds. The highest BCUT2D eigenvalue weighted by Gasteiger charge is 2.20. The summed E-state index contributed by atoms with van der Waals surface area (Å²) in [5.74, 6) is 6.96. The van der Waals surface area contributed by atoms with Crippen LogP contribution in [0.4, 0.5) is 5.69 Å². The average molecular weight is 902 g/mol. The number of hydrogen-bond donors (Lipinski definition) is 1. The largest absolute Gasteiger partial charge is 0.494 e. The first kappa shape index (κ1) is 49.7. The van der Waals surface area contributed by atoms with Gasteiger partial charge in [0, 0.05) is 34.5 Å². The van der Waals surface area contributed by atoms with E-state index in [1.165, 1.54) is 18.2 Å². The summed E-state index contributed by atoms with van der Waals surface area (Å²) in [5, 5.41) is 2.82. The average Bonchev–Trinajstić information content (AvgIpc) is 3.35. The van der Waals surface area contributed by atoms with Crippen LogP contribution in [0.5, 0.6) is 23.0 Å².